The molecule has 2 saturated heterocycles. The van der Waals surface area contributed by atoms with Crippen LogP contribution in [0.1, 0.15) is 32.1 Å². The van der Waals surface area contributed by atoms with Gasteiger partial charge in [0.2, 0.25) is 0 Å². The van der Waals surface area contributed by atoms with Gasteiger partial charge in [0.25, 0.3) is 0 Å². The maximum Gasteiger partial charge on any atom is 0.323 e. The molecule has 0 aromatic carbocycles. The van der Waals surface area contributed by atoms with Crippen LogP contribution in [0.25, 0.3) is 0 Å². The Hall–Kier alpha value is -2.07. The van der Waals surface area contributed by atoms with Gasteiger partial charge in [0.05, 0.1) is 19.0 Å². The highest BCUT2D eigenvalue weighted by molar-refractivity contribution is 5.88. The van der Waals surface area contributed by atoms with E-state index in [2.05, 4.69) is 21.4 Å². The lowest BCUT2D eigenvalue weighted by molar-refractivity contribution is 0.192. The van der Waals surface area contributed by atoms with Crippen LogP contribution >= 0.6 is 0 Å². The fourth-order valence-electron chi connectivity index (χ4n) is 3.58. The quantitative estimate of drug-likeness (QED) is 0.897. The Kier molecular flexibility index (Phi) is 5.70. The normalized spacial score (nSPS) is 21.6. The van der Waals surface area contributed by atoms with Crippen molar-refractivity contribution >= 4 is 11.8 Å². The molecule has 3 heterocycles. The maximum atomic E-state index is 12.4. The Morgan fingerprint density at radius 3 is 2.96 bits per heavy atom. The molecule has 2 fully saturated rings. The Morgan fingerprint density at radius 1 is 1.33 bits per heavy atom. The van der Waals surface area contributed by atoms with Gasteiger partial charge in [-0.1, -0.05) is 6.42 Å². The minimum Gasteiger partial charge on any atom is -0.324 e. The third kappa shape index (κ3) is 4.48. The zero-order valence-corrected chi connectivity index (χ0v) is 14.2. The first-order valence-electron chi connectivity index (χ1n) is 8.93. The lowest BCUT2D eigenvalue weighted by Gasteiger charge is -2.28. The summed E-state index contributed by atoms with van der Waals surface area (Å²) in [5.74, 6) is 1.14. The standard InChI is InChI=1S/C17H26N6O/c18-7-4-10-23-12-6-16(20-23)19-17(24)22-11-5-15(14-22)13-21-8-2-1-3-9-21/h6,12,15H,1-5,8-11,13-14H2,(H,19,20,24). The molecule has 0 aliphatic carbocycles. The molecule has 2 amide bonds. The number of urea groups is 1. The molecule has 24 heavy (non-hydrogen) atoms. The van der Waals surface area contributed by atoms with Crippen molar-refractivity contribution < 1.29 is 4.79 Å². The Bertz CT molecular complexity index is 586. The predicted octanol–water partition coefficient (Wildman–Crippen LogP) is 2.14. The summed E-state index contributed by atoms with van der Waals surface area (Å²) in [5.41, 5.74) is 0. The second-order valence-corrected chi connectivity index (χ2v) is 6.76. The number of carbonyl (C=O) groups is 1. The number of nitriles is 1. The van der Waals surface area contributed by atoms with Gasteiger partial charge in [-0.3, -0.25) is 10.00 Å². The van der Waals surface area contributed by atoms with E-state index >= 15 is 0 Å². The van der Waals surface area contributed by atoms with Gasteiger partial charge in [-0.15, -0.1) is 0 Å². The van der Waals surface area contributed by atoms with E-state index in [1.54, 1.807) is 16.9 Å². The molecule has 1 N–H and O–H groups in total. The van der Waals surface area contributed by atoms with Crippen molar-refractivity contribution in [2.45, 2.75) is 38.6 Å². The summed E-state index contributed by atoms with van der Waals surface area (Å²) in [7, 11) is 0. The highest BCUT2D eigenvalue weighted by Gasteiger charge is 2.28. The lowest BCUT2D eigenvalue weighted by Crippen LogP contribution is -2.37. The largest absolute Gasteiger partial charge is 0.324 e. The molecular weight excluding hydrogens is 304 g/mol. The summed E-state index contributed by atoms with van der Waals surface area (Å²) < 4.78 is 1.68. The number of likely N-dealkylation sites (tertiary alicyclic amines) is 2. The summed E-state index contributed by atoms with van der Waals surface area (Å²) in [6, 6.07) is 3.80. The summed E-state index contributed by atoms with van der Waals surface area (Å²) in [6.45, 7) is 5.74. The van der Waals surface area contributed by atoms with Crippen molar-refractivity contribution in [2.75, 3.05) is 38.0 Å². The van der Waals surface area contributed by atoms with E-state index in [9.17, 15) is 4.79 Å². The zero-order chi connectivity index (χ0) is 16.8. The number of hydrogen-bond donors (Lipinski definition) is 1. The van der Waals surface area contributed by atoms with Crippen molar-refractivity contribution in [3.8, 4) is 6.07 Å². The van der Waals surface area contributed by atoms with Crippen molar-refractivity contribution in [1.29, 1.82) is 5.26 Å². The fourth-order valence-corrected chi connectivity index (χ4v) is 3.58. The number of nitrogens with one attached hydrogen (secondary N) is 1. The number of carbonyl (C=O) groups excluding carboxylic acids is 1. The number of rotatable bonds is 5. The second kappa shape index (κ2) is 8.15. The van der Waals surface area contributed by atoms with Crippen molar-refractivity contribution in [3.05, 3.63) is 12.3 Å². The van der Waals surface area contributed by atoms with E-state index in [1.165, 1.54) is 32.4 Å². The van der Waals surface area contributed by atoms with Crippen LogP contribution in [0, 0.1) is 17.2 Å². The molecular formula is C17H26N6O. The molecule has 0 bridgehead atoms. The van der Waals surface area contributed by atoms with E-state index in [0.29, 0.717) is 24.7 Å². The minimum atomic E-state index is -0.0679. The van der Waals surface area contributed by atoms with Crippen LogP contribution in [0.2, 0.25) is 0 Å². The first-order chi connectivity index (χ1) is 11.7. The summed E-state index contributed by atoms with van der Waals surface area (Å²) in [5, 5.41) is 15.7. The number of aryl methyl sites for hydroxylation is 1. The highest BCUT2D eigenvalue weighted by Crippen LogP contribution is 2.20. The molecule has 2 aliphatic heterocycles. The van der Waals surface area contributed by atoms with E-state index in [-0.39, 0.29) is 6.03 Å². The lowest BCUT2D eigenvalue weighted by atomic mass is 10.1. The fraction of sp³-hybridized carbons (Fsp3) is 0.706. The molecule has 2 aliphatic rings. The van der Waals surface area contributed by atoms with Crippen LogP contribution in [0.3, 0.4) is 0 Å². The van der Waals surface area contributed by atoms with Gasteiger partial charge >= 0.3 is 6.03 Å². The first-order valence-corrected chi connectivity index (χ1v) is 8.93. The van der Waals surface area contributed by atoms with Crippen LogP contribution in [-0.2, 0) is 6.54 Å². The third-order valence-electron chi connectivity index (χ3n) is 4.87. The van der Waals surface area contributed by atoms with Crippen LogP contribution in [0.15, 0.2) is 12.3 Å². The van der Waals surface area contributed by atoms with Gasteiger partial charge in [-0.2, -0.15) is 10.4 Å². The van der Waals surface area contributed by atoms with Gasteiger partial charge in [-0.05, 0) is 38.3 Å². The first kappa shape index (κ1) is 16.8. The van der Waals surface area contributed by atoms with Crippen LogP contribution in [-0.4, -0.2) is 58.3 Å². The molecule has 130 valence electrons. The molecule has 1 aromatic rings. The number of hydrogen-bond acceptors (Lipinski definition) is 4. The number of amides is 2. The number of piperidine rings is 1. The van der Waals surface area contributed by atoms with Crippen molar-refractivity contribution in [1.82, 2.24) is 19.6 Å². The van der Waals surface area contributed by atoms with Crippen LogP contribution in [0.4, 0.5) is 10.6 Å². The monoisotopic (exact) mass is 330 g/mol. The molecule has 1 atom stereocenters. The van der Waals surface area contributed by atoms with Crippen LogP contribution in [0.5, 0.6) is 0 Å². The minimum absolute atomic E-state index is 0.0679. The topological polar surface area (TPSA) is 77.2 Å². The molecule has 7 heteroatoms. The average molecular weight is 330 g/mol. The molecule has 7 nitrogen and oxygen atoms in total. The van der Waals surface area contributed by atoms with Crippen molar-refractivity contribution in [2.24, 2.45) is 5.92 Å². The summed E-state index contributed by atoms with van der Waals surface area (Å²) in [4.78, 5) is 16.8. The summed E-state index contributed by atoms with van der Waals surface area (Å²) >= 11 is 0. The molecule has 0 radical (unpaired) electrons. The smallest absolute Gasteiger partial charge is 0.323 e. The predicted molar refractivity (Wildman–Crippen MR) is 91.4 cm³/mol. The van der Waals surface area contributed by atoms with E-state index < -0.39 is 0 Å². The number of anilines is 1. The van der Waals surface area contributed by atoms with Gasteiger partial charge in [-0.25, -0.2) is 4.79 Å². The molecule has 1 unspecified atom stereocenters. The Labute approximate surface area is 143 Å². The van der Waals surface area contributed by atoms with Crippen molar-refractivity contribution in [3.63, 3.8) is 0 Å². The highest BCUT2D eigenvalue weighted by atomic mass is 16.2. The maximum absolute atomic E-state index is 12.4. The van der Waals surface area contributed by atoms with Gasteiger partial charge in [0, 0.05) is 31.9 Å². The van der Waals surface area contributed by atoms with Gasteiger partial charge in [0.15, 0.2) is 5.82 Å². The molecule has 1 aromatic heterocycles. The van der Waals surface area contributed by atoms with Gasteiger partial charge in [0.1, 0.15) is 0 Å². The van der Waals surface area contributed by atoms with E-state index in [0.717, 1.165) is 26.1 Å². The SMILES string of the molecule is N#CCCn1ccc(NC(=O)N2CCC(CN3CCCCC3)C2)n1. The second-order valence-electron chi connectivity index (χ2n) is 6.76. The number of nitrogens with zero attached hydrogens (tertiary/aromatic N) is 5. The Morgan fingerprint density at radius 2 is 2.17 bits per heavy atom. The average Bonchev–Trinajstić information content (AvgIpc) is 3.23. The third-order valence-corrected chi connectivity index (χ3v) is 4.87. The van der Waals surface area contributed by atoms with Gasteiger partial charge < -0.3 is 9.80 Å². The number of aromatic nitrogens is 2. The zero-order valence-electron chi connectivity index (χ0n) is 14.2. The molecule has 3 rings (SSSR count). The molecule has 0 saturated carbocycles. The van der Waals surface area contributed by atoms with Crippen LogP contribution < -0.4 is 5.32 Å². The van der Waals surface area contributed by atoms with E-state index in [4.69, 9.17) is 5.26 Å². The molecule has 0 spiro atoms. The van der Waals surface area contributed by atoms with E-state index in [1.807, 2.05) is 4.90 Å². The summed E-state index contributed by atoms with van der Waals surface area (Å²) in [6.07, 6.45) is 7.27. The Balaban J connectivity index is 1.44.